The Balaban J connectivity index is 1.26. The molecule has 0 spiro atoms. The monoisotopic (exact) mass is 519 g/mol. The van der Waals surface area contributed by atoms with Crippen LogP contribution in [0.5, 0.6) is 11.5 Å². The third kappa shape index (κ3) is 4.47. The van der Waals surface area contributed by atoms with Crippen LogP contribution in [0, 0.1) is 0 Å². The van der Waals surface area contributed by atoms with E-state index >= 15 is 0 Å². The fourth-order valence-electron chi connectivity index (χ4n) is 7.09. The Kier molecular flexibility index (Phi) is 6.53. The molecule has 10 heteroatoms. The van der Waals surface area contributed by atoms with Gasteiger partial charge in [0, 0.05) is 49.2 Å². The second kappa shape index (κ2) is 10.3. The number of aromatic amines is 1. The Hall–Kier alpha value is -2.98. The standard InChI is InChI=1S/C28H37N7O3/c36-28-22(15-19-16-24-25(38-18-37-24)17-23(19)29-28)26(27-30-31-32-35(27)21-9-5-2-6-10-21)34-13-11-33(12-14-34)20-7-3-1-4-8-20/h15-17,20-21,26H,1-14,18H2,(H,29,36)/t26-/m1/s1. The van der Waals surface area contributed by atoms with E-state index in [-0.39, 0.29) is 24.4 Å². The van der Waals surface area contributed by atoms with Gasteiger partial charge in [0.25, 0.3) is 5.56 Å². The van der Waals surface area contributed by atoms with Crippen molar-refractivity contribution < 1.29 is 9.47 Å². The highest BCUT2D eigenvalue weighted by Crippen LogP contribution is 2.37. The molecule has 1 N–H and O–H groups in total. The van der Waals surface area contributed by atoms with Gasteiger partial charge in [-0.05, 0) is 48.2 Å². The van der Waals surface area contributed by atoms with Crippen molar-refractivity contribution in [3.8, 4) is 11.5 Å². The van der Waals surface area contributed by atoms with Crippen molar-refractivity contribution in [1.29, 1.82) is 0 Å². The summed E-state index contributed by atoms with van der Waals surface area (Å²) in [5, 5.41) is 14.1. The van der Waals surface area contributed by atoms with Crippen molar-refractivity contribution in [2.75, 3.05) is 33.0 Å². The summed E-state index contributed by atoms with van der Waals surface area (Å²) in [5.74, 6) is 2.16. The predicted octanol–water partition coefficient (Wildman–Crippen LogP) is 3.79. The van der Waals surface area contributed by atoms with Crippen LogP contribution in [0.3, 0.4) is 0 Å². The van der Waals surface area contributed by atoms with Crippen LogP contribution >= 0.6 is 0 Å². The van der Waals surface area contributed by atoms with E-state index in [4.69, 9.17) is 9.47 Å². The lowest BCUT2D eigenvalue weighted by Gasteiger charge is -2.43. The molecule has 0 amide bonds. The molecule has 2 aromatic heterocycles. The van der Waals surface area contributed by atoms with E-state index in [9.17, 15) is 4.79 Å². The Labute approximate surface area is 222 Å². The van der Waals surface area contributed by atoms with Crippen LogP contribution < -0.4 is 15.0 Å². The quantitative estimate of drug-likeness (QED) is 0.543. The minimum Gasteiger partial charge on any atom is -0.454 e. The van der Waals surface area contributed by atoms with Gasteiger partial charge in [-0.15, -0.1) is 5.10 Å². The molecule has 2 aliphatic heterocycles. The molecule has 1 atom stereocenters. The highest BCUT2D eigenvalue weighted by molar-refractivity contribution is 5.83. The number of nitrogens with one attached hydrogen (secondary N) is 1. The molecule has 2 saturated carbocycles. The molecule has 0 bridgehead atoms. The minimum atomic E-state index is -0.306. The summed E-state index contributed by atoms with van der Waals surface area (Å²) in [6.45, 7) is 3.99. The first kappa shape index (κ1) is 24.1. The predicted molar refractivity (Wildman–Crippen MR) is 142 cm³/mol. The molecular formula is C28H37N7O3. The Morgan fingerprint density at radius 1 is 0.842 bits per heavy atom. The number of benzene rings is 1. The van der Waals surface area contributed by atoms with Gasteiger partial charge in [-0.2, -0.15) is 0 Å². The van der Waals surface area contributed by atoms with Gasteiger partial charge in [0.1, 0.15) is 6.04 Å². The molecule has 4 heterocycles. The number of piperazine rings is 1. The van der Waals surface area contributed by atoms with Gasteiger partial charge in [-0.3, -0.25) is 14.6 Å². The van der Waals surface area contributed by atoms with Crippen molar-refractivity contribution in [2.45, 2.75) is 82.3 Å². The van der Waals surface area contributed by atoms with Gasteiger partial charge in [-0.25, -0.2) is 4.68 Å². The lowest BCUT2D eigenvalue weighted by atomic mass is 9.93. The van der Waals surface area contributed by atoms with Crippen LogP contribution in [0.1, 0.15) is 87.7 Å². The number of nitrogens with zero attached hydrogens (tertiary/aromatic N) is 6. The average Bonchev–Trinajstić information content (AvgIpc) is 3.63. The van der Waals surface area contributed by atoms with E-state index in [0.717, 1.165) is 55.7 Å². The molecule has 7 rings (SSSR count). The summed E-state index contributed by atoms with van der Waals surface area (Å²) in [7, 11) is 0. The number of tetrazole rings is 1. The molecule has 10 nitrogen and oxygen atoms in total. The maximum absolute atomic E-state index is 13.7. The second-order valence-electron chi connectivity index (χ2n) is 11.4. The molecule has 4 aliphatic rings. The summed E-state index contributed by atoms with van der Waals surface area (Å²) >= 11 is 0. The average molecular weight is 520 g/mol. The summed E-state index contributed by atoms with van der Waals surface area (Å²) in [5.41, 5.74) is 1.33. The highest BCUT2D eigenvalue weighted by Gasteiger charge is 2.36. The second-order valence-corrected chi connectivity index (χ2v) is 11.4. The first-order chi connectivity index (χ1) is 18.7. The number of aromatic nitrogens is 5. The Morgan fingerprint density at radius 2 is 1.53 bits per heavy atom. The van der Waals surface area contributed by atoms with Gasteiger partial charge in [-0.1, -0.05) is 38.5 Å². The number of ether oxygens (including phenoxy) is 2. The zero-order valence-corrected chi connectivity index (χ0v) is 22.0. The number of rotatable bonds is 5. The first-order valence-electron chi connectivity index (χ1n) is 14.5. The van der Waals surface area contributed by atoms with Crippen LogP contribution in [0.15, 0.2) is 23.0 Å². The molecule has 202 valence electrons. The van der Waals surface area contributed by atoms with Gasteiger partial charge in [0.2, 0.25) is 6.79 Å². The molecule has 2 aliphatic carbocycles. The molecule has 0 unspecified atom stereocenters. The minimum absolute atomic E-state index is 0.103. The van der Waals surface area contributed by atoms with Crippen LogP contribution in [-0.2, 0) is 0 Å². The summed E-state index contributed by atoms with van der Waals surface area (Å²) in [6.07, 6.45) is 12.5. The number of hydrogen-bond acceptors (Lipinski definition) is 8. The largest absolute Gasteiger partial charge is 0.454 e. The van der Waals surface area contributed by atoms with Gasteiger partial charge < -0.3 is 14.5 Å². The topological polar surface area (TPSA) is 101 Å². The van der Waals surface area contributed by atoms with Crippen molar-refractivity contribution in [1.82, 2.24) is 35.0 Å². The van der Waals surface area contributed by atoms with E-state index < -0.39 is 0 Å². The van der Waals surface area contributed by atoms with Crippen molar-refractivity contribution in [2.24, 2.45) is 0 Å². The van der Waals surface area contributed by atoms with Crippen LogP contribution in [0.4, 0.5) is 0 Å². The third-order valence-electron chi connectivity index (χ3n) is 9.15. The molecule has 3 aromatic rings. The maximum atomic E-state index is 13.7. The van der Waals surface area contributed by atoms with Gasteiger partial charge in [0.15, 0.2) is 17.3 Å². The van der Waals surface area contributed by atoms with Crippen molar-refractivity contribution in [3.63, 3.8) is 0 Å². The molecule has 3 fully saturated rings. The number of H-pyrrole nitrogens is 1. The fraction of sp³-hybridized carbons (Fsp3) is 0.643. The molecule has 38 heavy (non-hydrogen) atoms. The summed E-state index contributed by atoms with van der Waals surface area (Å²) < 4.78 is 13.2. The Morgan fingerprint density at radius 3 is 2.26 bits per heavy atom. The van der Waals surface area contributed by atoms with E-state index in [1.54, 1.807) is 0 Å². The smallest absolute Gasteiger partial charge is 0.253 e. The normalized spacial score (nSPS) is 22.7. The van der Waals surface area contributed by atoms with Crippen molar-refractivity contribution in [3.05, 3.63) is 39.9 Å². The highest BCUT2D eigenvalue weighted by atomic mass is 16.7. The van der Waals surface area contributed by atoms with E-state index in [1.165, 1.54) is 51.4 Å². The lowest BCUT2D eigenvalue weighted by Crippen LogP contribution is -2.52. The zero-order valence-electron chi connectivity index (χ0n) is 22.0. The van der Waals surface area contributed by atoms with E-state index in [1.807, 2.05) is 22.9 Å². The van der Waals surface area contributed by atoms with E-state index in [0.29, 0.717) is 23.1 Å². The number of fused-ring (bicyclic) bond motifs is 2. The molecular weight excluding hydrogens is 482 g/mol. The van der Waals surface area contributed by atoms with Crippen LogP contribution in [-0.4, -0.2) is 74.0 Å². The van der Waals surface area contributed by atoms with Crippen LogP contribution in [0.2, 0.25) is 0 Å². The molecule has 1 aromatic carbocycles. The zero-order chi connectivity index (χ0) is 25.5. The first-order valence-corrected chi connectivity index (χ1v) is 14.5. The summed E-state index contributed by atoms with van der Waals surface area (Å²) in [6, 6.07) is 6.50. The van der Waals surface area contributed by atoms with Gasteiger partial charge in [0.05, 0.1) is 11.6 Å². The fourth-order valence-corrected chi connectivity index (χ4v) is 7.09. The molecule has 0 radical (unpaired) electrons. The number of hydrogen-bond donors (Lipinski definition) is 1. The van der Waals surface area contributed by atoms with Crippen molar-refractivity contribution >= 4 is 10.9 Å². The number of pyridine rings is 1. The van der Waals surface area contributed by atoms with Gasteiger partial charge >= 0.3 is 0 Å². The van der Waals surface area contributed by atoms with E-state index in [2.05, 4.69) is 30.3 Å². The SMILES string of the molecule is O=c1[nH]c2cc3c(cc2cc1[C@H](c1nnnn1C1CCCCC1)N1CCN(C2CCCCC2)CC1)OCO3. The lowest BCUT2D eigenvalue weighted by molar-refractivity contribution is 0.0610. The summed E-state index contributed by atoms with van der Waals surface area (Å²) in [4.78, 5) is 21.9. The maximum Gasteiger partial charge on any atom is 0.253 e. The third-order valence-corrected chi connectivity index (χ3v) is 9.15. The molecule has 1 saturated heterocycles. The van der Waals surface area contributed by atoms with Crippen LogP contribution in [0.25, 0.3) is 10.9 Å². The Bertz CT molecular complexity index is 1330.